The molecule has 4 aromatic rings. The molecule has 1 N–H and O–H groups in total. The summed E-state index contributed by atoms with van der Waals surface area (Å²) in [6.07, 6.45) is 6.00. The lowest BCUT2D eigenvalue weighted by Gasteiger charge is -2.40. The van der Waals surface area contributed by atoms with Gasteiger partial charge in [-0.05, 0) is 88.9 Å². The topological polar surface area (TPSA) is 110 Å². The van der Waals surface area contributed by atoms with E-state index in [1.165, 1.54) is 0 Å². The number of fused-ring (bicyclic) bond motifs is 1. The van der Waals surface area contributed by atoms with Crippen molar-refractivity contribution in [3.05, 3.63) is 77.5 Å². The summed E-state index contributed by atoms with van der Waals surface area (Å²) >= 11 is 0. The smallest absolute Gasteiger partial charge is 0.410 e. The van der Waals surface area contributed by atoms with Crippen molar-refractivity contribution in [3.63, 3.8) is 0 Å². The lowest BCUT2D eigenvalue weighted by atomic mass is 10.0. The number of carbonyl (C=O) groups excluding carboxylic acids is 2. The minimum atomic E-state index is -0.605. The van der Waals surface area contributed by atoms with Crippen LogP contribution < -0.4 is 0 Å². The van der Waals surface area contributed by atoms with E-state index in [2.05, 4.69) is 0 Å². The first-order valence-corrected chi connectivity index (χ1v) is 15.9. The van der Waals surface area contributed by atoms with Gasteiger partial charge in [-0.15, -0.1) is 0 Å². The van der Waals surface area contributed by atoms with Gasteiger partial charge >= 0.3 is 6.09 Å². The minimum absolute atomic E-state index is 0.145. The highest BCUT2D eigenvalue weighted by Crippen LogP contribution is 2.34. The normalized spacial score (nSPS) is 19.1. The maximum atomic E-state index is 14.6. The molecule has 4 heterocycles. The van der Waals surface area contributed by atoms with E-state index in [0.717, 1.165) is 30.4 Å². The predicted octanol–water partition coefficient (Wildman–Crippen LogP) is 6.75. The molecule has 0 spiro atoms. The van der Waals surface area contributed by atoms with E-state index >= 15 is 0 Å². The average molecular weight is 624 g/mol. The number of hydrogen-bond donors (Lipinski definition) is 1. The molecule has 0 aliphatic carbocycles. The summed E-state index contributed by atoms with van der Waals surface area (Å²) < 4.78 is 13.6. The summed E-state index contributed by atoms with van der Waals surface area (Å²) in [7, 11) is 0. The molecule has 0 bridgehead atoms. The molecule has 46 heavy (non-hydrogen) atoms. The van der Waals surface area contributed by atoms with Crippen LogP contribution in [0.15, 0.2) is 60.7 Å². The number of piperazine rings is 1. The van der Waals surface area contributed by atoms with E-state index in [1.54, 1.807) is 29.2 Å². The number of phenols is 1. The van der Waals surface area contributed by atoms with Crippen LogP contribution in [0, 0.1) is 0 Å². The van der Waals surface area contributed by atoms with E-state index in [9.17, 15) is 14.7 Å². The van der Waals surface area contributed by atoms with Crippen molar-refractivity contribution in [2.24, 2.45) is 0 Å². The van der Waals surface area contributed by atoms with Crippen LogP contribution in [-0.4, -0.2) is 79.6 Å². The number of carbonyl (C=O) groups is 2. The van der Waals surface area contributed by atoms with Crippen LogP contribution in [-0.2, 0) is 9.47 Å². The van der Waals surface area contributed by atoms with Gasteiger partial charge in [0.2, 0.25) is 0 Å². The Kier molecular flexibility index (Phi) is 8.82. The highest BCUT2D eigenvalue weighted by atomic mass is 16.6. The number of aromatic hydroxyl groups is 1. The van der Waals surface area contributed by atoms with Gasteiger partial charge in [0.25, 0.3) is 5.91 Å². The number of hydrogen-bond acceptors (Lipinski definition) is 7. The molecule has 2 aliphatic heterocycles. The third kappa shape index (κ3) is 6.77. The monoisotopic (exact) mass is 623 g/mol. The van der Waals surface area contributed by atoms with Crippen LogP contribution in [0.1, 0.15) is 74.8 Å². The second-order valence-electron chi connectivity index (χ2n) is 13.0. The summed E-state index contributed by atoms with van der Waals surface area (Å²) in [6, 6.07) is 18.3. The predicted molar refractivity (Wildman–Crippen MR) is 177 cm³/mol. The lowest BCUT2D eigenvalue weighted by molar-refractivity contribution is -0.0370. The van der Waals surface area contributed by atoms with E-state index < -0.39 is 5.60 Å². The molecule has 2 aromatic heterocycles. The molecule has 6 rings (SSSR count). The number of aromatic nitrogens is 3. The van der Waals surface area contributed by atoms with Crippen molar-refractivity contribution in [2.75, 3.05) is 26.2 Å². The molecule has 10 nitrogen and oxygen atoms in total. The van der Waals surface area contributed by atoms with Crippen LogP contribution in [0.2, 0.25) is 0 Å². The number of phenolic OH excluding ortho intramolecular Hbond substituents is 1. The molecule has 2 amide bonds. The van der Waals surface area contributed by atoms with Crippen molar-refractivity contribution >= 4 is 35.2 Å². The molecule has 0 saturated carbocycles. The van der Waals surface area contributed by atoms with E-state index in [-0.39, 0.29) is 30.0 Å². The van der Waals surface area contributed by atoms with Gasteiger partial charge in [0.15, 0.2) is 11.9 Å². The first-order chi connectivity index (χ1) is 22.1. The maximum Gasteiger partial charge on any atom is 0.410 e. The van der Waals surface area contributed by atoms with E-state index in [4.69, 9.17) is 19.6 Å². The van der Waals surface area contributed by atoms with E-state index in [0.29, 0.717) is 54.2 Å². The maximum absolute atomic E-state index is 14.6. The zero-order valence-electron chi connectivity index (χ0n) is 26.8. The highest BCUT2D eigenvalue weighted by Gasteiger charge is 2.34. The first-order valence-electron chi connectivity index (χ1n) is 15.9. The molecule has 2 saturated heterocycles. The van der Waals surface area contributed by atoms with Gasteiger partial charge in [-0.3, -0.25) is 4.79 Å². The van der Waals surface area contributed by atoms with Crippen molar-refractivity contribution in [1.82, 2.24) is 24.6 Å². The number of nitrogens with zero attached hydrogens (tertiary/aromatic N) is 5. The molecule has 2 aliphatic rings. The fourth-order valence-corrected chi connectivity index (χ4v) is 5.99. The fourth-order valence-electron chi connectivity index (χ4n) is 5.99. The van der Waals surface area contributed by atoms with Gasteiger partial charge in [0.05, 0.1) is 22.3 Å². The first kappa shape index (κ1) is 31.3. The van der Waals surface area contributed by atoms with Crippen molar-refractivity contribution in [1.29, 1.82) is 0 Å². The Morgan fingerprint density at radius 1 is 1.02 bits per heavy atom. The molecule has 2 unspecified atom stereocenters. The van der Waals surface area contributed by atoms with Crippen molar-refractivity contribution in [3.8, 4) is 17.0 Å². The summed E-state index contributed by atoms with van der Waals surface area (Å²) in [5.41, 5.74) is 3.41. The number of ether oxygens (including phenoxy) is 2. The van der Waals surface area contributed by atoms with Crippen LogP contribution in [0.5, 0.6) is 5.75 Å². The number of rotatable bonds is 5. The molecular formula is C36H41N5O5. The molecular weight excluding hydrogens is 582 g/mol. The Morgan fingerprint density at radius 3 is 2.46 bits per heavy atom. The third-order valence-electron chi connectivity index (χ3n) is 8.28. The second kappa shape index (κ2) is 13.0. The van der Waals surface area contributed by atoms with Gasteiger partial charge in [-0.2, -0.15) is 5.10 Å². The van der Waals surface area contributed by atoms with Gasteiger partial charge in [-0.1, -0.05) is 36.4 Å². The van der Waals surface area contributed by atoms with Gasteiger partial charge in [-0.25, -0.2) is 14.5 Å². The highest BCUT2D eigenvalue weighted by molar-refractivity contribution is 6.09. The average Bonchev–Trinajstić information content (AvgIpc) is 3.42. The molecule has 2 fully saturated rings. The Hall–Kier alpha value is -4.70. The molecule has 10 heteroatoms. The van der Waals surface area contributed by atoms with Crippen LogP contribution in [0.25, 0.3) is 34.4 Å². The quantitative estimate of drug-likeness (QED) is 0.262. The van der Waals surface area contributed by atoms with Crippen molar-refractivity contribution < 1.29 is 24.2 Å². The van der Waals surface area contributed by atoms with Gasteiger partial charge in [0.1, 0.15) is 11.4 Å². The van der Waals surface area contributed by atoms with E-state index in [1.807, 2.05) is 85.8 Å². The summed E-state index contributed by atoms with van der Waals surface area (Å²) in [6.45, 7) is 9.18. The third-order valence-corrected chi connectivity index (χ3v) is 8.28. The minimum Gasteiger partial charge on any atom is -0.508 e. The Bertz CT molecular complexity index is 1740. The summed E-state index contributed by atoms with van der Waals surface area (Å²) in [5, 5.41) is 15.6. The molecule has 2 atom stereocenters. The summed E-state index contributed by atoms with van der Waals surface area (Å²) in [5.74, 6) is -0.0194. The van der Waals surface area contributed by atoms with Crippen molar-refractivity contribution in [2.45, 2.75) is 64.8 Å². The second-order valence-corrected chi connectivity index (χ2v) is 13.0. The SMILES string of the molecule is CC1CN(C(=O)OC(C)(C)C)CCN1C(=O)c1cc(-c2ccc(O)cc2)nc2c1c(C=Cc1ccccc1)nn2C1CCCCO1. The zero-order valence-corrected chi connectivity index (χ0v) is 26.8. The number of amides is 2. The Balaban J connectivity index is 1.46. The summed E-state index contributed by atoms with van der Waals surface area (Å²) in [4.78, 5) is 36.0. The Labute approximate surface area is 269 Å². The standard InChI is InChI=1S/C36H41N5O5/c1-24-23-39(35(44)46-36(2,3)4)19-20-40(24)34(43)28-22-30(26-14-16-27(42)17-15-26)37-33-32(28)29(18-13-25-10-6-5-7-11-25)38-41(33)31-12-8-9-21-45-31/h5-7,10-11,13-18,22,24,31,42H,8-9,12,19-21,23H2,1-4H3. The zero-order chi connectivity index (χ0) is 32.4. The number of benzene rings is 2. The largest absolute Gasteiger partial charge is 0.508 e. The lowest BCUT2D eigenvalue weighted by Crippen LogP contribution is -2.56. The Morgan fingerprint density at radius 2 is 1.78 bits per heavy atom. The van der Waals surface area contributed by atoms with Crippen LogP contribution in [0.4, 0.5) is 4.79 Å². The van der Waals surface area contributed by atoms with Gasteiger partial charge in [0, 0.05) is 37.8 Å². The van der Waals surface area contributed by atoms with Crippen LogP contribution in [0.3, 0.4) is 0 Å². The van der Waals surface area contributed by atoms with Crippen LogP contribution >= 0.6 is 0 Å². The molecule has 240 valence electrons. The molecule has 0 radical (unpaired) electrons. The molecule has 2 aromatic carbocycles. The fraction of sp³-hybridized carbons (Fsp3) is 0.389. The van der Waals surface area contributed by atoms with Gasteiger partial charge < -0.3 is 24.4 Å². The number of pyridine rings is 1.